The van der Waals surface area contributed by atoms with Crippen LogP contribution in [-0.2, 0) is 0 Å². The molecule has 0 amide bonds. The highest BCUT2D eigenvalue weighted by atomic mass is 19.1. The first-order valence-electron chi connectivity index (χ1n) is 6.81. The fourth-order valence-corrected chi connectivity index (χ4v) is 1.86. The molecule has 0 unspecified atom stereocenters. The largest absolute Gasteiger partial charge is 0.476 e. The van der Waals surface area contributed by atoms with E-state index in [0.29, 0.717) is 16.9 Å². The van der Waals surface area contributed by atoms with Crippen molar-refractivity contribution in [1.29, 1.82) is 0 Å². The third-order valence-corrected chi connectivity index (χ3v) is 2.97. The lowest BCUT2D eigenvalue weighted by atomic mass is 10.2. The smallest absolute Gasteiger partial charge is 0.362 e. The molecule has 0 atom stereocenters. The highest BCUT2D eigenvalue weighted by Gasteiger charge is 2.16. The quantitative estimate of drug-likeness (QED) is 0.724. The highest BCUT2D eigenvalue weighted by Crippen LogP contribution is 2.21. The molecule has 0 radical (unpaired) electrons. The number of halogens is 1. The van der Waals surface area contributed by atoms with Gasteiger partial charge in [0.2, 0.25) is 5.69 Å². The van der Waals surface area contributed by atoms with E-state index in [0.717, 1.165) is 0 Å². The van der Waals surface area contributed by atoms with Crippen molar-refractivity contribution in [3.63, 3.8) is 0 Å². The molecule has 1 aromatic heterocycles. The van der Waals surface area contributed by atoms with E-state index >= 15 is 0 Å². The number of aromatic carboxylic acids is 1. The summed E-state index contributed by atoms with van der Waals surface area (Å²) in [6, 6.07) is 12.7. The molecule has 7 heteroatoms. The third-order valence-electron chi connectivity index (χ3n) is 2.97. The Morgan fingerprint density at radius 1 is 1.12 bits per heavy atom. The summed E-state index contributed by atoms with van der Waals surface area (Å²) < 4.78 is 18.5. The number of carbonyl (C=O) groups is 1. The second-order valence-corrected chi connectivity index (χ2v) is 4.68. The van der Waals surface area contributed by atoms with Gasteiger partial charge in [-0.15, -0.1) is 5.10 Å². The molecule has 0 aliphatic rings. The van der Waals surface area contributed by atoms with Crippen LogP contribution in [0.2, 0.25) is 0 Å². The fraction of sp³-hybridized carbons (Fsp3) is 0. The Balaban J connectivity index is 1.74. The van der Waals surface area contributed by atoms with Gasteiger partial charge in [-0.25, -0.2) is 14.3 Å². The molecule has 0 saturated carbocycles. The molecule has 0 saturated heterocycles. The molecule has 3 aromatic rings. The first kappa shape index (κ1) is 15.2. The van der Waals surface area contributed by atoms with E-state index in [2.05, 4.69) is 27.3 Å². The monoisotopic (exact) mass is 323 g/mol. The molecule has 24 heavy (non-hydrogen) atoms. The normalized spacial score (nSPS) is 9.88. The number of aromatic nitrogens is 3. The maximum absolute atomic E-state index is 13.1. The van der Waals surface area contributed by atoms with Crippen LogP contribution in [0.1, 0.15) is 21.6 Å². The van der Waals surface area contributed by atoms with E-state index in [1.54, 1.807) is 36.4 Å². The van der Waals surface area contributed by atoms with Crippen LogP contribution >= 0.6 is 0 Å². The number of nitrogens with zero attached hydrogens (tertiary/aromatic N) is 2. The minimum Gasteiger partial charge on any atom is -0.476 e. The second-order valence-electron chi connectivity index (χ2n) is 4.68. The van der Waals surface area contributed by atoms with Crippen LogP contribution in [0.3, 0.4) is 0 Å². The number of hydrogen-bond donors (Lipinski definition) is 2. The minimum absolute atomic E-state index is 0.0545. The van der Waals surface area contributed by atoms with E-state index < -0.39 is 5.97 Å². The van der Waals surface area contributed by atoms with Gasteiger partial charge >= 0.3 is 5.97 Å². The maximum atomic E-state index is 13.1. The standard InChI is InChI=1S/C17H10FN3O3/c18-13-3-1-2-12(10-13)5-4-11-6-8-14(9-7-11)24-16-15(17(22)23)19-21-20-16/h1-3,6-10H,(H,22,23)(H,19,20,21). The first-order valence-corrected chi connectivity index (χ1v) is 6.81. The zero-order valence-corrected chi connectivity index (χ0v) is 12.2. The predicted octanol–water partition coefficient (Wildman–Crippen LogP) is 2.83. The van der Waals surface area contributed by atoms with Crippen molar-refractivity contribution in [3.05, 3.63) is 71.2 Å². The van der Waals surface area contributed by atoms with Crippen molar-refractivity contribution in [1.82, 2.24) is 15.4 Å². The number of benzene rings is 2. The molecule has 0 aliphatic carbocycles. The highest BCUT2D eigenvalue weighted by molar-refractivity contribution is 5.87. The van der Waals surface area contributed by atoms with E-state index in [-0.39, 0.29) is 17.4 Å². The molecule has 6 nitrogen and oxygen atoms in total. The van der Waals surface area contributed by atoms with Crippen molar-refractivity contribution in [3.8, 4) is 23.5 Å². The van der Waals surface area contributed by atoms with Gasteiger partial charge in [0, 0.05) is 11.1 Å². The number of carboxylic acids is 1. The summed E-state index contributed by atoms with van der Waals surface area (Å²) in [7, 11) is 0. The maximum Gasteiger partial charge on any atom is 0.362 e. The molecule has 118 valence electrons. The number of hydrogen-bond acceptors (Lipinski definition) is 4. The summed E-state index contributed by atoms with van der Waals surface area (Å²) in [5.41, 5.74) is 0.975. The number of rotatable bonds is 3. The number of aromatic amines is 1. The lowest BCUT2D eigenvalue weighted by molar-refractivity contribution is 0.0687. The van der Waals surface area contributed by atoms with Crippen LogP contribution in [0.15, 0.2) is 48.5 Å². The number of carboxylic acid groups (broad SMARTS) is 1. The van der Waals surface area contributed by atoms with Crippen LogP contribution in [-0.4, -0.2) is 26.5 Å². The summed E-state index contributed by atoms with van der Waals surface area (Å²) in [4.78, 5) is 10.9. The average molecular weight is 323 g/mol. The van der Waals surface area contributed by atoms with Gasteiger partial charge < -0.3 is 9.84 Å². The van der Waals surface area contributed by atoms with Gasteiger partial charge in [0.05, 0.1) is 0 Å². The van der Waals surface area contributed by atoms with Gasteiger partial charge in [0.25, 0.3) is 5.88 Å². The molecule has 0 fully saturated rings. The Hall–Kier alpha value is -3.66. The molecular weight excluding hydrogens is 313 g/mol. The predicted molar refractivity (Wildman–Crippen MR) is 82.2 cm³/mol. The summed E-state index contributed by atoms with van der Waals surface area (Å²) in [6.07, 6.45) is 0. The van der Waals surface area contributed by atoms with E-state index in [1.807, 2.05) is 0 Å². The number of H-pyrrole nitrogens is 1. The molecular formula is C17H10FN3O3. The third kappa shape index (κ3) is 3.56. The van der Waals surface area contributed by atoms with Crippen LogP contribution in [0.4, 0.5) is 4.39 Å². The van der Waals surface area contributed by atoms with Crippen molar-refractivity contribution in [2.24, 2.45) is 0 Å². The second kappa shape index (κ2) is 6.62. The van der Waals surface area contributed by atoms with Gasteiger partial charge in [-0.3, -0.25) is 0 Å². The molecule has 0 bridgehead atoms. The summed E-state index contributed by atoms with van der Waals surface area (Å²) in [5, 5.41) is 18.1. The topological polar surface area (TPSA) is 88.1 Å². The summed E-state index contributed by atoms with van der Waals surface area (Å²) >= 11 is 0. The fourth-order valence-electron chi connectivity index (χ4n) is 1.86. The Morgan fingerprint density at radius 3 is 2.58 bits per heavy atom. The lowest BCUT2D eigenvalue weighted by Crippen LogP contribution is -1.99. The van der Waals surface area contributed by atoms with Crippen molar-refractivity contribution in [2.75, 3.05) is 0 Å². The zero-order valence-electron chi connectivity index (χ0n) is 12.2. The van der Waals surface area contributed by atoms with E-state index in [1.165, 1.54) is 12.1 Å². The SMILES string of the molecule is O=C(O)c1nn[nH]c1Oc1ccc(C#Cc2cccc(F)c2)cc1. The summed E-state index contributed by atoms with van der Waals surface area (Å²) in [5.74, 6) is 4.53. The van der Waals surface area contributed by atoms with E-state index in [4.69, 9.17) is 9.84 Å². The molecule has 2 aromatic carbocycles. The average Bonchev–Trinajstić information content (AvgIpc) is 3.03. The van der Waals surface area contributed by atoms with Crippen molar-refractivity contribution in [2.45, 2.75) is 0 Å². The minimum atomic E-state index is -1.24. The van der Waals surface area contributed by atoms with Gasteiger partial charge in [-0.2, -0.15) is 0 Å². The Morgan fingerprint density at radius 2 is 1.88 bits per heavy atom. The van der Waals surface area contributed by atoms with Crippen molar-refractivity contribution < 1.29 is 19.0 Å². The zero-order chi connectivity index (χ0) is 16.9. The van der Waals surface area contributed by atoms with Crippen LogP contribution < -0.4 is 4.74 Å². The van der Waals surface area contributed by atoms with Crippen LogP contribution in [0.25, 0.3) is 0 Å². The Kier molecular flexibility index (Phi) is 4.21. The molecule has 2 N–H and O–H groups in total. The molecule has 1 heterocycles. The van der Waals surface area contributed by atoms with Crippen LogP contribution in [0.5, 0.6) is 11.6 Å². The van der Waals surface area contributed by atoms with Gasteiger partial charge in [-0.1, -0.05) is 23.1 Å². The lowest BCUT2D eigenvalue weighted by Gasteiger charge is -2.02. The number of ether oxygens (including phenoxy) is 1. The number of nitrogens with one attached hydrogen (secondary N) is 1. The summed E-state index contributed by atoms with van der Waals surface area (Å²) in [6.45, 7) is 0. The molecule has 3 rings (SSSR count). The molecule has 0 aliphatic heterocycles. The van der Waals surface area contributed by atoms with Gasteiger partial charge in [-0.05, 0) is 42.5 Å². The van der Waals surface area contributed by atoms with E-state index in [9.17, 15) is 9.18 Å². The van der Waals surface area contributed by atoms with Gasteiger partial charge in [0.1, 0.15) is 11.6 Å². The Bertz CT molecular complexity index is 939. The molecule has 0 spiro atoms. The van der Waals surface area contributed by atoms with Crippen LogP contribution in [0, 0.1) is 17.7 Å². The van der Waals surface area contributed by atoms with Crippen molar-refractivity contribution >= 4 is 5.97 Å². The first-order chi connectivity index (χ1) is 11.6. The van der Waals surface area contributed by atoms with Gasteiger partial charge in [0.15, 0.2) is 0 Å². The Labute approximate surface area is 135 Å².